The molecule has 1 aliphatic carbocycles. The van der Waals surface area contributed by atoms with Crippen LogP contribution in [0.1, 0.15) is 37.3 Å². The van der Waals surface area contributed by atoms with Crippen LogP contribution in [-0.2, 0) is 17.8 Å². The second-order valence-corrected chi connectivity index (χ2v) is 7.93. The van der Waals surface area contributed by atoms with Gasteiger partial charge in [-0.1, -0.05) is 18.2 Å². The molecule has 1 atom stereocenters. The monoisotopic (exact) mass is 395 g/mol. The molecule has 1 saturated carbocycles. The van der Waals surface area contributed by atoms with E-state index >= 15 is 0 Å². The topological polar surface area (TPSA) is 48.0 Å². The summed E-state index contributed by atoms with van der Waals surface area (Å²) in [6.07, 6.45) is 3.63. The minimum Gasteiger partial charge on any atom is -0.497 e. The van der Waals surface area contributed by atoms with Gasteiger partial charge in [-0.2, -0.15) is 0 Å². The van der Waals surface area contributed by atoms with Gasteiger partial charge in [-0.25, -0.2) is 0 Å². The zero-order valence-corrected chi connectivity index (χ0v) is 17.2. The summed E-state index contributed by atoms with van der Waals surface area (Å²) in [7, 11) is 1.66. The van der Waals surface area contributed by atoms with Crippen molar-refractivity contribution in [1.82, 2.24) is 4.90 Å². The van der Waals surface area contributed by atoms with Crippen molar-refractivity contribution in [3.05, 3.63) is 53.6 Å². The smallest absolute Gasteiger partial charge is 0.223 e. The largest absolute Gasteiger partial charge is 0.497 e. The predicted octanol–water partition coefficient (Wildman–Crippen LogP) is 4.23. The SMILES string of the molecule is COc1ccc(CN(C(=O)CCc2ccc3c(c2)OCCO3)C(C)C2CC2)cc1. The summed E-state index contributed by atoms with van der Waals surface area (Å²) in [5.74, 6) is 3.24. The Morgan fingerprint density at radius 1 is 1.07 bits per heavy atom. The lowest BCUT2D eigenvalue weighted by molar-refractivity contribution is -0.134. The fraction of sp³-hybridized carbons (Fsp3) is 0.458. The maximum Gasteiger partial charge on any atom is 0.223 e. The lowest BCUT2D eigenvalue weighted by atomic mass is 10.1. The predicted molar refractivity (Wildman–Crippen MR) is 111 cm³/mol. The molecule has 29 heavy (non-hydrogen) atoms. The summed E-state index contributed by atoms with van der Waals surface area (Å²) in [5.41, 5.74) is 2.23. The Bertz CT molecular complexity index is 844. The normalized spacial score (nSPS) is 16.2. The summed E-state index contributed by atoms with van der Waals surface area (Å²) in [5, 5.41) is 0. The van der Waals surface area contributed by atoms with E-state index in [1.807, 2.05) is 42.5 Å². The quantitative estimate of drug-likeness (QED) is 0.671. The van der Waals surface area contributed by atoms with E-state index in [9.17, 15) is 4.79 Å². The minimum atomic E-state index is 0.204. The van der Waals surface area contributed by atoms with Crippen molar-refractivity contribution in [2.24, 2.45) is 5.92 Å². The van der Waals surface area contributed by atoms with Gasteiger partial charge in [-0.05, 0) is 67.5 Å². The molecule has 5 nitrogen and oxygen atoms in total. The van der Waals surface area contributed by atoms with Crippen molar-refractivity contribution >= 4 is 5.91 Å². The maximum atomic E-state index is 13.2. The van der Waals surface area contributed by atoms with Gasteiger partial charge in [0.1, 0.15) is 19.0 Å². The molecular formula is C24H29NO4. The van der Waals surface area contributed by atoms with E-state index in [4.69, 9.17) is 14.2 Å². The molecule has 1 fully saturated rings. The van der Waals surface area contributed by atoms with E-state index in [2.05, 4.69) is 11.8 Å². The first kappa shape index (κ1) is 19.6. The second-order valence-electron chi connectivity index (χ2n) is 7.93. The highest BCUT2D eigenvalue weighted by Crippen LogP contribution is 2.36. The molecule has 0 spiro atoms. The van der Waals surface area contributed by atoms with E-state index in [1.165, 1.54) is 12.8 Å². The summed E-state index contributed by atoms with van der Waals surface area (Å²) in [6.45, 7) is 3.99. The lowest BCUT2D eigenvalue weighted by Crippen LogP contribution is -2.39. The average Bonchev–Trinajstić information content (AvgIpc) is 3.61. The third-order valence-electron chi connectivity index (χ3n) is 5.86. The first-order chi connectivity index (χ1) is 14.1. The van der Waals surface area contributed by atoms with Crippen LogP contribution in [0.3, 0.4) is 0 Å². The van der Waals surface area contributed by atoms with Crippen LogP contribution in [0.2, 0.25) is 0 Å². The van der Waals surface area contributed by atoms with Crippen molar-refractivity contribution in [1.29, 1.82) is 0 Å². The summed E-state index contributed by atoms with van der Waals surface area (Å²) >= 11 is 0. The number of hydrogen-bond donors (Lipinski definition) is 0. The van der Waals surface area contributed by atoms with Crippen LogP contribution < -0.4 is 14.2 Å². The summed E-state index contributed by atoms with van der Waals surface area (Å²) < 4.78 is 16.5. The molecule has 154 valence electrons. The van der Waals surface area contributed by atoms with E-state index in [-0.39, 0.29) is 11.9 Å². The molecule has 1 unspecified atom stereocenters. The molecule has 1 aliphatic heterocycles. The number of hydrogen-bond acceptors (Lipinski definition) is 4. The number of aryl methyl sites for hydroxylation is 1. The minimum absolute atomic E-state index is 0.204. The second kappa shape index (κ2) is 8.76. The van der Waals surface area contributed by atoms with Gasteiger partial charge in [0.05, 0.1) is 7.11 Å². The number of rotatable bonds is 8. The number of carbonyl (C=O) groups excluding carboxylic acids is 1. The van der Waals surface area contributed by atoms with Gasteiger partial charge in [0.2, 0.25) is 5.91 Å². The molecule has 5 heteroatoms. The van der Waals surface area contributed by atoms with Crippen LogP contribution in [0, 0.1) is 5.92 Å². The third-order valence-corrected chi connectivity index (χ3v) is 5.86. The Hall–Kier alpha value is -2.69. The Morgan fingerprint density at radius 3 is 2.45 bits per heavy atom. The van der Waals surface area contributed by atoms with Crippen LogP contribution in [0.25, 0.3) is 0 Å². The van der Waals surface area contributed by atoms with Gasteiger partial charge in [0.15, 0.2) is 11.5 Å². The number of carbonyl (C=O) groups is 1. The standard InChI is InChI=1S/C24H29NO4/c1-17(20-7-8-20)25(16-19-3-9-21(27-2)10-4-19)24(26)12-6-18-5-11-22-23(15-18)29-14-13-28-22/h3-5,9-11,15,17,20H,6-8,12-14,16H2,1-2H3. The molecule has 2 aliphatic rings. The molecule has 4 rings (SSSR count). The molecule has 0 aromatic heterocycles. The molecule has 0 bridgehead atoms. The van der Waals surface area contributed by atoms with Crippen molar-refractivity contribution in [2.75, 3.05) is 20.3 Å². The zero-order chi connectivity index (χ0) is 20.2. The van der Waals surface area contributed by atoms with Crippen LogP contribution in [0.4, 0.5) is 0 Å². The average molecular weight is 395 g/mol. The van der Waals surface area contributed by atoms with Crippen LogP contribution >= 0.6 is 0 Å². The van der Waals surface area contributed by atoms with Crippen molar-refractivity contribution in [2.45, 2.75) is 45.2 Å². The maximum absolute atomic E-state index is 13.2. The number of benzene rings is 2. The van der Waals surface area contributed by atoms with Crippen LogP contribution in [-0.4, -0.2) is 37.2 Å². The Balaban J connectivity index is 1.42. The van der Waals surface area contributed by atoms with Gasteiger partial charge in [0, 0.05) is 19.0 Å². The van der Waals surface area contributed by atoms with Gasteiger partial charge in [0.25, 0.3) is 0 Å². The summed E-state index contributed by atoms with van der Waals surface area (Å²) in [6, 6.07) is 14.2. The zero-order valence-electron chi connectivity index (χ0n) is 17.2. The summed E-state index contributed by atoms with van der Waals surface area (Å²) in [4.78, 5) is 15.2. The van der Waals surface area contributed by atoms with E-state index < -0.39 is 0 Å². The number of methoxy groups -OCH3 is 1. The highest BCUT2D eigenvalue weighted by atomic mass is 16.6. The van der Waals surface area contributed by atoms with E-state index in [0.29, 0.717) is 38.5 Å². The van der Waals surface area contributed by atoms with Crippen molar-refractivity contribution in [3.8, 4) is 17.2 Å². The van der Waals surface area contributed by atoms with Gasteiger partial charge in [-0.15, -0.1) is 0 Å². The first-order valence-corrected chi connectivity index (χ1v) is 10.4. The third kappa shape index (κ3) is 4.84. The van der Waals surface area contributed by atoms with Crippen molar-refractivity contribution < 1.29 is 19.0 Å². The van der Waals surface area contributed by atoms with Gasteiger partial charge < -0.3 is 19.1 Å². The molecule has 1 amide bonds. The number of fused-ring (bicyclic) bond motifs is 1. The number of ether oxygens (including phenoxy) is 3. The fourth-order valence-electron chi connectivity index (χ4n) is 3.86. The Labute approximate surface area is 172 Å². The molecular weight excluding hydrogens is 366 g/mol. The molecule has 1 heterocycles. The molecule has 2 aromatic carbocycles. The first-order valence-electron chi connectivity index (χ1n) is 10.4. The molecule has 2 aromatic rings. The highest BCUT2D eigenvalue weighted by molar-refractivity contribution is 5.77. The lowest BCUT2D eigenvalue weighted by Gasteiger charge is -2.30. The number of nitrogens with zero attached hydrogens (tertiary/aromatic N) is 1. The van der Waals surface area contributed by atoms with Gasteiger partial charge >= 0.3 is 0 Å². The molecule has 0 saturated heterocycles. The van der Waals surface area contributed by atoms with Crippen LogP contribution in [0.5, 0.6) is 17.2 Å². The van der Waals surface area contributed by atoms with E-state index in [1.54, 1.807) is 7.11 Å². The fourth-order valence-corrected chi connectivity index (χ4v) is 3.86. The Morgan fingerprint density at radius 2 is 1.76 bits per heavy atom. The number of amides is 1. The highest BCUT2D eigenvalue weighted by Gasteiger charge is 2.34. The van der Waals surface area contributed by atoms with Crippen LogP contribution in [0.15, 0.2) is 42.5 Å². The molecule has 0 radical (unpaired) electrons. The molecule has 0 N–H and O–H groups in total. The van der Waals surface area contributed by atoms with Crippen molar-refractivity contribution in [3.63, 3.8) is 0 Å². The van der Waals surface area contributed by atoms with E-state index in [0.717, 1.165) is 28.4 Å². The van der Waals surface area contributed by atoms with Gasteiger partial charge in [-0.3, -0.25) is 4.79 Å². The Kier molecular flexibility index (Phi) is 5.93.